The van der Waals surface area contributed by atoms with Crippen molar-refractivity contribution in [3.8, 4) is 0 Å². The Balaban J connectivity index is 1.44. The summed E-state index contributed by atoms with van der Waals surface area (Å²) in [4.78, 5) is 27.2. The standard InChI is InChI=1S/C32H41N2O4S/c1-4-38-31(35)12-6-5-9-19-34-20-17-24(18-21-34)22-27(25-13-15-26(16-14-25)32(36)37-3)23-30-33(2)28-10-7-8-11-29(28)39-30/h7-8,10-11,17-18,20-23,25-26H,4-6,9,12-16,19H2,1-3H3/q+1. The number of hydrogen-bond acceptors (Lipinski definition) is 6. The smallest absolute Gasteiger partial charge is 0.308 e. The van der Waals surface area contributed by atoms with Crippen LogP contribution in [0.2, 0.25) is 0 Å². The molecule has 1 aliphatic heterocycles. The van der Waals surface area contributed by atoms with Gasteiger partial charge < -0.3 is 14.4 Å². The fourth-order valence-electron chi connectivity index (χ4n) is 5.38. The number of aryl methyl sites for hydroxylation is 1. The number of thioether (sulfide) groups is 1. The maximum absolute atomic E-state index is 12.1. The van der Waals surface area contributed by atoms with E-state index in [-0.39, 0.29) is 17.9 Å². The number of nitrogens with zero attached hydrogens (tertiary/aromatic N) is 2. The SMILES string of the molecule is CCOC(=O)CCCCC[n+]1ccc(/C=C(/C=C2/Sc3ccccc3N2C)C2CCC(C(=O)OC)CC2)cc1. The first-order valence-electron chi connectivity index (χ1n) is 14.1. The molecule has 2 aromatic rings. The van der Waals surface area contributed by atoms with E-state index in [2.05, 4.69) is 77.5 Å². The van der Waals surface area contributed by atoms with Gasteiger partial charge in [0.15, 0.2) is 12.4 Å². The van der Waals surface area contributed by atoms with Crippen LogP contribution >= 0.6 is 11.8 Å². The van der Waals surface area contributed by atoms with Gasteiger partial charge in [0.1, 0.15) is 6.54 Å². The first kappa shape index (κ1) is 28.9. The van der Waals surface area contributed by atoms with Crippen molar-refractivity contribution in [2.75, 3.05) is 25.7 Å². The third kappa shape index (κ3) is 7.98. The largest absolute Gasteiger partial charge is 0.469 e. The first-order valence-corrected chi connectivity index (χ1v) is 15.0. The van der Waals surface area contributed by atoms with Gasteiger partial charge in [-0.25, -0.2) is 4.57 Å². The monoisotopic (exact) mass is 549 g/mol. The van der Waals surface area contributed by atoms with Crippen LogP contribution in [0.5, 0.6) is 0 Å². The second kappa shape index (κ2) is 14.4. The minimum Gasteiger partial charge on any atom is -0.469 e. The zero-order valence-electron chi connectivity index (χ0n) is 23.4. The molecule has 6 nitrogen and oxygen atoms in total. The molecule has 1 aromatic carbocycles. The van der Waals surface area contributed by atoms with Gasteiger partial charge >= 0.3 is 11.9 Å². The fourth-order valence-corrected chi connectivity index (χ4v) is 6.49. The van der Waals surface area contributed by atoms with Gasteiger partial charge in [-0.1, -0.05) is 30.0 Å². The van der Waals surface area contributed by atoms with Crippen LogP contribution in [0.1, 0.15) is 63.9 Å². The van der Waals surface area contributed by atoms with Gasteiger partial charge in [0.2, 0.25) is 0 Å². The molecule has 0 atom stereocenters. The van der Waals surface area contributed by atoms with Crippen molar-refractivity contribution in [3.05, 3.63) is 71.0 Å². The first-order chi connectivity index (χ1) is 19.0. The van der Waals surface area contributed by atoms with Gasteiger partial charge in [-0.15, -0.1) is 0 Å². The number of pyridine rings is 1. The van der Waals surface area contributed by atoms with Crippen molar-refractivity contribution >= 4 is 35.5 Å². The minimum atomic E-state index is -0.100. The Morgan fingerprint density at radius 2 is 1.74 bits per heavy atom. The van der Waals surface area contributed by atoms with E-state index < -0.39 is 0 Å². The second-order valence-electron chi connectivity index (χ2n) is 10.3. The van der Waals surface area contributed by atoms with Gasteiger partial charge in [-0.2, -0.15) is 0 Å². The third-order valence-corrected chi connectivity index (χ3v) is 8.81. The number of hydrogen-bond donors (Lipinski definition) is 0. The zero-order chi connectivity index (χ0) is 27.6. The molecule has 1 saturated carbocycles. The lowest BCUT2D eigenvalue weighted by Crippen LogP contribution is -2.32. The Labute approximate surface area is 237 Å². The Hall–Kier alpha value is -3.06. The second-order valence-corrected chi connectivity index (χ2v) is 11.4. The highest BCUT2D eigenvalue weighted by molar-refractivity contribution is 8.03. The Morgan fingerprint density at radius 3 is 2.44 bits per heavy atom. The van der Waals surface area contributed by atoms with E-state index in [1.807, 2.05) is 18.7 Å². The molecular weight excluding hydrogens is 508 g/mol. The predicted molar refractivity (Wildman–Crippen MR) is 156 cm³/mol. The molecule has 7 heteroatoms. The number of benzene rings is 1. The summed E-state index contributed by atoms with van der Waals surface area (Å²) in [5.74, 6) is 0.244. The normalized spacial score (nSPS) is 20.1. The lowest BCUT2D eigenvalue weighted by atomic mass is 9.78. The molecule has 0 amide bonds. The van der Waals surface area contributed by atoms with Crippen LogP contribution in [0.3, 0.4) is 0 Å². The number of rotatable bonds is 11. The van der Waals surface area contributed by atoms with Gasteiger partial charge in [-0.05, 0) is 80.7 Å². The van der Waals surface area contributed by atoms with E-state index in [1.54, 1.807) is 0 Å². The average Bonchev–Trinajstić information content (AvgIpc) is 3.28. The molecule has 1 aliphatic carbocycles. The molecule has 2 heterocycles. The summed E-state index contributed by atoms with van der Waals surface area (Å²) in [7, 11) is 3.62. The van der Waals surface area contributed by atoms with Crippen molar-refractivity contribution in [1.29, 1.82) is 0 Å². The van der Waals surface area contributed by atoms with Crippen LogP contribution in [0, 0.1) is 11.8 Å². The van der Waals surface area contributed by atoms with Crippen molar-refractivity contribution in [1.82, 2.24) is 0 Å². The number of allylic oxidation sites excluding steroid dienone is 2. The molecule has 1 fully saturated rings. The van der Waals surface area contributed by atoms with E-state index in [4.69, 9.17) is 9.47 Å². The van der Waals surface area contributed by atoms with Crippen LogP contribution in [0.25, 0.3) is 6.08 Å². The number of para-hydroxylation sites is 1. The summed E-state index contributed by atoms with van der Waals surface area (Å²) in [6.07, 6.45) is 16.0. The molecule has 1 aromatic heterocycles. The molecule has 208 valence electrons. The zero-order valence-corrected chi connectivity index (χ0v) is 24.3. The van der Waals surface area contributed by atoms with Crippen LogP contribution in [0.4, 0.5) is 5.69 Å². The number of methoxy groups -OCH3 is 1. The molecule has 0 bridgehead atoms. The summed E-state index contributed by atoms with van der Waals surface area (Å²) in [5, 5.41) is 1.23. The van der Waals surface area contributed by atoms with Crippen LogP contribution in [0.15, 0.2) is 70.4 Å². The molecule has 4 rings (SSSR count). The number of anilines is 1. The summed E-state index contributed by atoms with van der Waals surface area (Å²) >= 11 is 1.82. The molecule has 0 radical (unpaired) electrons. The van der Waals surface area contributed by atoms with E-state index in [9.17, 15) is 9.59 Å². The summed E-state index contributed by atoms with van der Waals surface area (Å²) in [5.41, 5.74) is 3.74. The predicted octanol–water partition coefficient (Wildman–Crippen LogP) is 6.54. The molecule has 0 N–H and O–H groups in total. The summed E-state index contributed by atoms with van der Waals surface area (Å²) < 4.78 is 12.2. The van der Waals surface area contributed by atoms with Crippen molar-refractivity contribution < 1.29 is 23.6 Å². The highest BCUT2D eigenvalue weighted by Crippen LogP contribution is 2.46. The quantitative estimate of drug-likeness (QED) is 0.180. The lowest BCUT2D eigenvalue weighted by molar-refractivity contribution is -0.697. The molecule has 0 saturated heterocycles. The molecule has 39 heavy (non-hydrogen) atoms. The van der Waals surface area contributed by atoms with Gasteiger partial charge in [-0.3, -0.25) is 9.59 Å². The van der Waals surface area contributed by atoms with E-state index in [1.165, 1.54) is 33.9 Å². The maximum Gasteiger partial charge on any atom is 0.308 e. The number of carbonyl (C=O) groups is 2. The highest BCUT2D eigenvalue weighted by atomic mass is 32.2. The highest BCUT2D eigenvalue weighted by Gasteiger charge is 2.29. The van der Waals surface area contributed by atoms with Gasteiger partial charge in [0.05, 0.1) is 30.4 Å². The van der Waals surface area contributed by atoms with Crippen molar-refractivity contribution in [2.24, 2.45) is 11.8 Å². The van der Waals surface area contributed by atoms with Crippen LogP contribution in [-0.4, -0.2) is 32.7 Å². The average molecular weight is 550 g/mol. The lowest BCUT2D eigenvalue weighted by Gasteiger charge is -2.28. The Bertz CT molecular complexity index is 1180. The molecule has 0 spiro atoms. The number of aromatic nitrogens is 1. The summed E-state index contributed by atoms with van der Waals surface area (Å²) in [6.45, 7) is 3.22. The number of ether oxygens (including phenoxy) is 2. The number of unbranched alkanes of at least 4 members (excludes halogenated alkanes) is 2. The maximum atomic E-state index is 12.1. The van der Waals surface area contributed by atoms with Gasteiger partial charge in [0, 0.05) is 36.9 Å². The Kier molecular flexibility index (Phi) is 10.7. The van der Waals surface area contributed by atoms with E-state index >= 15 is 0 Å². The minimum absolute atomic E-state index is 0.0147. The number of carbonyl (C=O) groups excluding carboxylic acids is 2. The number of fused-ring (bicyclic) bond motifs is 1. The van der Waals surface area contributed by atoms with Crippen molar-refractivity contribution in [3.63, 3.8) is 0 Å². The van der Waals surface area contributed by atoms with Gasteiger partial charge in [0.25, 0.3) is 0 Å². The Morgan fingerprint density at radius 1 is 1.03 bits per heavy atom. The van der Waals surface area contributed by atoms with Crippen LogP contribution < -0.4 is 9.47 Å². The fraction of sp³-hybridized carbons (Fsp3) is 0.469. The van der Waals surface area contributed by atoms with E-state index in [0.717, 1.165) is 51.5 Å². The molecule has 0 unspecified atom stereocenters. The van der Waals surface area contributed by atoms with Crippen molar-refractivity contribution in [2.45, 2.75) is 69.7 Å². The topological polar surface area (TPSA) is 59.7 Å². The third-order valence-electron chi connectivity index (χ3n) is 7.65. The van der Waals surface area contributed by atoms with E-state index in [0.29, 0.717) is 18.9 Å². The summed E-state index contributed by atoms with van der Waals surface area (Å²) in [6, 6.07) is 12.9. The molecular formula is C32H41N2O4S+. The molecule has 2 aliphatic rings. The van der Waals surface area contributed by atoms with Crippen LogP contribution in [-0.2, 0) is 25.6 Å². The number of esters is 2.